The van der Waals surface area contributed by atoms with Gasteiger partial charge in [-0.1, -0.05) is 17.8 Å². The standard InChI is InChI=1S/C20H22F6N5O2PS2/c1-12(33-11-34(32,8-19(21,22)23)9-20(24,25)26)7-31-10-28-15-16(31)29-18(27)30-17(15)36-14-5-3-4-13(6-14)35-2/h3-6,10,12H,7-9,11H2,1-2H3,(H2,27,29,30). The van der Waals surface area contributed by atoms with E-state index in [9.17, 15) is 30.9 Å². The van der Waals surface area contributed by atoms with Gasteiger partial charge in [0.2, 0.25) is 5.95 Å². The van der Waals surface area contributed by atoms with Crippen molar-refractivity contribution in [1.29, 1.82) is 0 Å². The minimum absolute atomic E-state index is 0.0307. The van der Waals surface area contributed by atoms with Crippen LogP contribution in [0.3, 0.4) is 0 Å². The number of halogens is 6. The Kier molecular flexibility index (Phi) is 8.90. The van der Waals surface area contributed by atoms with Crippen LogP contribution >= 0.6 is 30.7 Å². The first kappa shape index (κ1) is 28.6. The number of hydrogen-bond acceptors (Lipinski definition) is 8. The van der Waals surface area contributed by atoms with Crippen molar-refractivity contribution in [2.45, 2.75) is 46.7 Å². The number of nitrogen functional groups attached to an aromatic ring is 1. The Balaban J connectivity index is 1.77. The fourth-order valence-electron chi connectivity index (χ4n) is 3.31. The maximum atomic E-state index is 12.8. The number of hydrogen-bond donors (Lipinski definition) is 1. The SMILES string of the molecule is CSc1cccc(Sc2nc(N)nc3c2ncn3CC(C)OCP(=O)(CC(F)(F)F)CC(F)(F)F)c1. The molecule has 2 heterocycles. The third-order valence-corrected chi connectivity index (χ3v) is 8.87. The zero-order valence-corrected chi connectivity index (χ0v) is 21.5. The van der Waals surface area contributed by atoms with E-state index >= 15 is 0 Å². The lowest BCUT2D eigenvalue weighted by Gasteiger charge is -2.23. The van der Waals surface area contributed by atoms with Gasteiger partial charge in [0.1, 0.15) is 24.0 Å². The van der Waals surface area contributed by atoms with Gasteiger partial charge in [-0.15, -0.1) is 11.8 Å². The van der Waals surface area contributed by atoms with Crippen molar-refractivity contribution in [2.24, 2.45) is 0 Å². The monoisotopic (exact) mass is 573 g/mol. The van der Waals surface area contributed by atoms with E-state index in [0.29, 0.717) is 16.2 Å². The highest BCUT2D eigenvalue weighted by Crippen LogP contribution is 2.53. The van der Waals surface area contributed by atoms with Crippen LogP contribution in [0, 0.1) is 0 Å². The molecule has 0 spiro atoms. The molecule has 198 valence electrons. The van der Waals surface area contributed by atoms with Gasteiger partial charge in [0, 0.05) is 9.79 Å². The topological polar surface area (TPSA) is 95.9 Å². The smallest absolute Gasteiger partial charge is 0.369 e. The minimum atomic E-state index is -5.02. The van der Waals surface area contributed by atoms with E-state index in [1.807, 2.05) is 30.5 Å². The summed E-state index contributed by atoms with van der Waals surface area (Å²) in [6.45, 7) is 1.41. The van der Waals surface area contributed by atoms with Crippen molar-refractivity contribution >= 4 is 47.8 Å². The number of ether oxygens (including phenoxy) is 1. The van der Waals surface area contributed by atoms with Crippen molar-refractivity contribution in [3.05, 3.63) is 30.6 Å². The highest BCUT2D eigenvalue weighted by atomic mass is 32.2. The Hall–Kier alpha value is -1.96. The van der Waals surface area contributed by atoms with Crippen LogP contribution in [0.5, 0.6) is 0 Å². The predicted octanol–water partition coefficient (Wildman–Crippen LogP) is 6.13. The van der Waals surface area contributed by atoms with Crippen LogP contribution in [0.1, 0.15) is 6.92 Å². The molecule has 0 aliphatic rings. The summed E-state index contributed by atoms with van der Waals surface area (Å²) in [4.78, 5) is 14.7. The van der Waals surface area contributed by atoms with E-state index in [2.05, 4.69) is 15.0 Å². The second-order valence-electron chi connectivity index (χ2n) is 7.95. The summed E-state index contributed by atoms with van der Waals surface area (Å²) in [6, 6.07) is 7.70. The number of anilines is 1. The van der Waals surface area contributed by atoms with Gasteiger partial charge in [-0.3, -0.25) is 0 Å². The van der Waals surface area contributed by atoms with Gasteiger partial charge in [0.15, 0.2) is 5.65 Å². The molecule has 16 heteroatoms. The second kappa shape index (κ2) is 11.2. The molecule has 0 amide bonds. The highest BCUT2D eigenvalue weighted by molar-refractivity contribution is 8.00. The predicted molar refractivity (Wildman–Crippen MR) is 127 cm³/mol. The van der Waals surface area contributed by atoms with Crippen LogP contribution in [-0.4, -0.2) is 62.9 Å². The lowest BCUT2D eigenvalue weighted by molar-refractivity contribution is -0.113. The summed E-state index contributed by atoms with van der Waals surface area (Å²) in [7, 11) is -4.76. The molecule has 0 bridgehead atoms. The van der Waals surface area contributed by atoms with E-state index in [-0.39, 0.29) is 12.5 Å². The third-order valence-electron chi connectivity index (χ3n) is 4.69. The zero-order chi connectivity index (χ0) is 26.7. The summed E-state index contributed by atoms with van der Waals surface area (Å²) in [6.07, 6.45) is -12.9. The number of alkyl halides is 6. The summed E-state index contributed by atoms with van der Waals surface area (Å²) in [5.41, 5.74) is 6.59. The van der Waals surface area contributed by atoms with Crippen LogP contribution < -0.4 is 5.73 Å². The Bertz CT molecular complexity index is 1230. The Morgan fingerprint density at radius 3 is 2.36 bits per heavy atom. The van der Waals surface area contributed by atoms with Crippen molar-refractivity contribution in [3.63, 3.8) is 0 Å². The number of rotatable bonds is 10. The van der Waals surface area contributed by atoms with Gasteiger partial charge in [-0.05, 0) is 31.4 Å². The van der Waals surface area contributed by atoms with Crippen LogP contribution in [0.15, 0.2) is 45.4 Å². The summed E-state index contributed by atoms with van der Waals surface area (Å²) in [5.74, 6) is -0.0406. The maximum Gasteiger partial charge on any atom is 0.395 e. The number of imidazole rings is 1. The summed E-state index contributed by atoms with van der Waals surface area (Å²) >= 11 is 2.89. The average molecular weight is 574 g/mol. The lowest BCUT2D eigenvalue weighted by atomic mass is 10.4. The summed E-state index contributed by atoms with van der Waals surface area (Å²) < 4.78 is 95.8. The number of fused-ring (bicyclic) bond motifs is 1. The maximum absolute atomic E-state index is 12.8. The lowest BCUT2D eigenvalue weighted by Crippen LogP contribution is -2.26. The Morgan fingerprint density at radius 2 is 1.75 bits per heavy atom. The first-order valence-electron chi connectivity index (χ1n) is 10.3. The highest BCUT2D eigenvalue weighted by Gasteiger charge is 2.46. The van der Waals surface area contributed by atoms with E-state index in [1.54, 1.807) is 11.8 Å². The van der Waals surface area contributed by atoms with E-state index in [0.717, 1.165) is 9.79 Å². The first-order chi connectivity index (χ1) is 16.7. The molecule has 2 N–H and O–H groups in total. The van der Waals surface area contributed by atoms with Gasteiger partial charge >= 0.3 is 12.4 Å². The second-order valence-corrected chi connectivity index (χ2v) is 12.9. The van der Waals surface area contributed by atoms with Crippen LogP contribution in [-0.2, 0) is 15.8 Å². The molecule has 0 saturated carbocycles. The molecule has 0 aliphatic carbocycles. The van der Waals surface area contributed by atoms with E-state index in [1.165, 1.54) is 29.6 Å². The van der Waals surface area contributed by atoms with Gasteiger partial charge in [0.05, 0.1) is 31.3 Å². The van der Waals surface area contributed by atoms with Gasteiger partial charge < -0.3 is 19.6 Å². The van der Waals surface area contributed by atoms with E-state index in [4.69, 9.17) is 10.5 Å². The fraction of sp³-hybridized carbons (Fsp3) is 0.450. The average Bonchev–Trinajstić information content (AvgIpc) is 3.12. The van der Waals surface area contributed by atoms with E-state index < -0.39 is 44.3 Å². The summed E-state index contributed by atoms with van der Waals surface area (Å²) in [5, 5.41) is 0.475. The quantitative estimate of drug-likeness (QED) is 0.134. The van der Waals surface area contributed by atoms with Crippen LogP contribution in [0.4, 0.5) is 32.3 Å². The molecular weight excluding hydrogens is 551 g/mol. The molecule has 0 aliphatic heterocycles. The molecule has 2 aromatic heterocycles. The van der Waals surface area contributed by atoms with Crippen LogP contribution in [0.25, 0.3) is 11.2 Å². The molecule has 36 heavy (non-hydrogen) atoms. The van der Waals surface area contributed by atoms with Crippen molar-refractivity contribution in [3.8, 4) is 0 Å². The van der Waals surface area contributed by atoms with Crippen molar-refractivity contribution in [2.75, 3.05) is 30.7 Å². The molecule has 0 fully saturated rings. The number of nitrogens with zero attached hydrogens (tertiary/aromatic N) is 4. The molecule has 3 aromatic rings. The number of nitrogens with two attached hydrogens (primary N) is 1. The van der Waals surface area contributed by atoms with Crippen molar-refractivity contribution in [1.82, 2.24) is 19.5 Å². The largest absolute Gasteiger partial charge is 0.395 e. The number of thioether (sulfide) groups is 1. The van der Waals surface area contributed by atoms with Gasteiger partial charge in [-0.25, -0.2) is 9.97 Å². The fourth-order valence-corrected chi connectivity index (χ4v) is 6.91. The molecule has 0 radical (unpaired) electrons. The van der Waals surface area contributed by atoms with Gasteiger partial charge in [0.25, 0.3) is 0 Å². The molecule has 3 rings (SSSR count). The first-order valence-corrected chi connectivity index (χ1v) is 14.6. The zero-order valence-electron chi connectivity index (χ0n) is 19.0. The minimum Gasteiger partial charge on any atom is -0.369 e. The molecule has 0 saturated heterocycles. The molecular formula is C20H22F6N5O2PS2. The van der Waals surface area contributed by atoms with Crippen LogP contribution in [0.2, 0.25) is 0 Å². The molecule has 1 unspecified atom stereocenters. The number of aromatic nitrogens is 4. The Labute approximate surface area is 211 Å². The Morgan fingerprint density at radius 1 is 1.11 bits per heavy atom. The number of benzene rings is 1. The molecule has 1 aromatic carbocycles. The molecule has 7 nitrogen and oxygen atoms in total. The third kappa shape index (κ3) is 8.29. The molecule has 1 atom stereocenters. The van der Waals surface area contributed by atoms with Gasteiger partial charge in [-0.2, -0.15) is 31.3 Å². The van der Waals surface area contributed by atoms with Crippen molar-refractivity contribution < 1.29 is 35.6 Å². The normalized spacial score (nSPS) is 13.9.